The summed E-state index contributed by atoms with van der Waals surface area (Å²) in [5.74, 6) is 0. The number of nitrogens with zero attached hydrogens (tertiary/aromatic N) is 1. The Hall–Kier alpha value is -5.74. The second-order valence-electron chi connectivity index (χ2n) is 12.5. The first-order valence-corrected chi connectivity index (χ1v) is 18.2. The minimum Gasteiger partial charge on any atom is -0.309 e. The van der Waals surface area contributed by atoms with Gasteiger partial charge in [-0.25, -0.2) is 0 Å². The van der Waals surface area contributed by atoms with Crippen molar-refractivity contribution in [3.05, 3.63) is 176 Å². The van der Waals surface area contributed by atoms with Gasteiger partial charge in [-0.2, -0.15) is 0 Å². The summed E-state index contributed by atoms with van der Waals surface area (Å²) in [5.41, 5.74) is 8.49. The van der Waals surface area contributed by atoms with Gasteiger partial charge in [0, 0.05) is 47.0 Å². The van der Waals surface area contributed by atoms with E-state index in [-0.39, 0.29) is 0 Å². The summed E-state index contributed by atoms with van der Waals surface area (Å²) in [7, 11) is 0. The number of rotatable bonds is 5. The molecule has 0 aliphatic carbocycles. The average molecular weight is 660 g/mol. The molecule has 2 heterocycles. The van der Waals surface area contributed by atoms with Crippen molar-refractivity contribution in [3.8, 4) is 22.3 Å². The molecule has 2 aromatic heterocycles. The summed E-state index contributed by atoms with van der Waals surface area (Å²) in [5, 5.41) is 7.72. The van der Waals surface area contributed by atoms with Gasteiger partial charge in [0.05, 0.1) is 10.4 Å². The van der Waals surface area contributed by atoms with Gasteiger partial charge in [0.25, 0.3) is 0 Å². The van der Waals surface area contributed by atoms with E-state index < -0.39 is 0 Å². The van der Waals surface area contributed by atoms with Crippen LogP contribution in [0.3, 0.4) is 0 Å². The molecular formula is C46H29NS2. The molecular weight excluding hydrogens is 631 g/mol. The van der Waals surface area contributed by atoms with Crippen molar-refractivity contribution in [3.63, 3.8) is 0 Å². The van der Waals surface area contributed by atoms with Gasteiger partial charge < -0.3 is 4.90 Å². The number of hydrogen-bond acceptors (Lipinski definition) is 3. The van der Waals surface area contributed by atoms with Gasteiger partial charge in [-0.05, 0) is 75.5 Å². The number of thiophene rings is 2. The molecule has 230 valence electrons. The Kier molecular flexibility index (Phi) is 6.61. The molecule has 8 aromatic carbocycles. The van der Waals surface area contributed by atoms with Crippen LogP contribution in [0, 0.1) is 0 Å². The van der Waals surface area contributed by atoms with Gasteiger partial charge in [0.1, 0.15) is 0 Å². The van der Waals surface area contributed by atoms with Crippen LogP contribution >= 0.6 is 22.7 Å². The quantitative estimate of drug-likeness (QED) is 0.178. The monoisotopic (exact) mass is 659 g/mol. The number of fused-ring (bicyclic) bond motifs is 7. The average Bonchev–Trinajstić information content (AvgIpc) is 3.75. The van der Waals surface area contributed by atoms with Crippen LogP contribution in [0.25, 0.3) is 73.4 Å². The highest BCUT2D eigenvalue weighted by atomic mass is 32.1. The van der Waals surface area contributed by atoms with Gasteiger partial charge in [0.2, 0.25) is 0 Å². The molecule has 0 N–H and O–H groups in total. The molecule has 0 spiro atoms. The van der Waals surface area contributed by atoms with Crippen LogP contribution in [0.2, 0.25) is 0 Å². The van der Waals surface area contributed by atoms with Crippen LogP contribution < -0.4 is 4.90 Å². The van der Waals surface area contributed by atoms with E-state index in [1.807, 2.05) is 22.7 Å². The Balaban J connectivity index is 1.17. The molecule has 0 unspecified atom stereocenters. The zero-order valence-corrected chi connectivity index (χ0v) is 28.1. The fourth-order valence-corrected chi connectivity index (χ4v) is 9.85. The SMILES string of the molecule is c1ccc(-c2cccc3c2sc2c(N(c4ccc(-c5cccc6sc7ccccc7c56)cc4)c4ccc5ccccc5c4)cccc23)cc1. The van der Waals surface area contributed by atoms with Crippen LogP contribution in [0.15, 0.2) is 176 Å². The molecule has 0 aliphatic heterocycles. The lowest BCUT2D eigenvalue weighted by Gasteiger charge is -2.26. The second-order valence-corrected chi connectivity index (χ2v) is 14.6. The molecule has 0 saturated carbocycles. The van der Waals surface area contributed by atoms with Crippen molar-refractivity contribution in [1.29, 1.82) is 0 Å². The molecule has 10 rings (SSSR count). The molecule has 0 atom stereocenters. The van der Waals surface area contributed by atoms with E-state index in [0.29, 0.717) is 0 Å². The van der Waals surface area contributed by atoms with Crippen molar-refractivity contribution in [2.24, 2.45) is 0 Å². The summed E-state index contributed by atoms with van der Waals surface area (Å²) in [6, 6.07) is 64.3. The highest BCUT2D eigenvalue weighted by Gasteiger charge is 2.20. The smallest absolute Gasteiger partial charge is 0.0640 e. The highest BCUT2D eigenvalue weighted by Crippen LogP contribution is 2.48. The fraction of sp³-hybridized carbons (Fsp3) is 0. The maximum atomic E-state index is 2.44. The minimum atomic E-state index is 1.13. The van der Waals surface area contributed by atoms with Crippen molar-refractivity contribution in [1.82, 2.24) is 0 Å². The van der Waals surface area contributed by atoms with Gasteiger partial charge in [-0.15, -0.1) is 22.7 Å². The Morgan fingerprint density at radius 3 is 1.88 bits per heavy atom. The molecule has 0 aliphatic rings. The molecule has 0 saturated heterocycles. The predicted octanol–water partition coefficient (Wildman–Crippen LogP) is 14.4. The summed E-state index contributed by atoms with van der Waals surface area (Å²) < 4.78 is 5.26. The third-order valence-electron chi connectivity index (χ3n) is 9.66. The van der Waals surface area contributed by atoms with Crippen LogP contribution in [-0.4, -0.2) is 0 Å². The Bertz CT molecular complexity index is 2830. The van der Waals surface area contributed by atoms with Gasteiger partial charge in [-0.3, -0.25) is 0 Å². The Morgan fingerprint density at radius 1 is 0.367 bits per heavy atom. The molecule has 0 bridgehead atoms. The largest absolute Gasteiger partial charge is 0.309 e. The number of hydrogen-bond donors (Lipinski definition) is 0. The van der Waals surface area contributed by atoms with Crippen LogP contribution in [0.5, 0.6) is 0 Å². The number of benzene rings is 8. The first-order chi connectivity index (χ1) is 24.3. The van der Waals surface area contributed by atoms with Gasteiger partial charge >= 0.3 is 0 Å². The zero-order valence-electron chi connectivity index (χ0n) is 26.5. The Labute approximate surface area is 292 Å². The molecule has 10 aromatic rings. The normalized spacial score (nSPS) is 11.7. The lowest BCUT2D eigenvalue weighted by molar-refractivity contribution is 1.31. The minimum absolute atomic E-state index is 1.13. The topological polar surface area (TPSA) is 3.24 Å². The van der Waals surface area contributed by atoms with E-state index in [9.17, 15) is 0 Å². The second kappa shape index (κ2) is 11.5. The van der Waals surface area contributed by atoms with E-state index in [4.69, 9.17) is 0 Å². The van der Waals surface area contributed by atoms with E-state index in [0.717, 1.165) is 11.4 Å². The summed E-state index contributed by atoms with van der Waals surface area (Å²) in [6.45, 7) is 0. The molecule has 1 nitrogen and oxygen atoms in total. The lowest BCUT2D eigenvalue weighted by Crippen LogP contribution is -2.10. The molecule has 49 heavy (non-hydrogen) atoms. The van der Waals surface area contributed by atoms with E-state index >= 15 is 0 Å². The van der Waals surface area contributed by atoms with Crippen LogP contribution in [-0.2, 0) is 0 Å². The van der Waals surface area contributed by atoms with Gasteiger partial charge in [0.15, 0.2) is 0 Å². The molecule has 3 heteroatoms. The van der Waals surface area contributed by atoms with Crippen molar-refractivity contribution in [2.75, 3.05) is 4.90 Å². The Morgan fingerprint density at radius 2 is 1.00 bits per heavy atom. The van der Waals surface area contributed by atoms with E-state index in [1.165, 1.54) is 79.1 Å². The molecule has 0 fully saturated rings. The third-order valence-corrected chi connectivity index (χ3v) is 12.1. The molecule has 0 radical (unpaired) electrons. The van der Waals surface area contributed by atoms with Crippen LogP contribution in [0.4, 0.5) is 17.1 Å². The van der Waals surface area contributed by atoms with Crippen LogP contribution in [0.1, 0.15) is 0 Å². The first-order valence-electron chi connectivity index (χ1n) is 16.6. The third kappa shape index (κ3) is 4.66. The summed E-state index contributed by atoms with van der Waals surface area (Å²) in [4.78, 5) is 2.44. The lowest BCUT2D eigenvalue weighted by atomic mass is 9.99. The number of anilines is 3. The van der Waals surface area contributed by atoms with E-state index in [1.54, 1.807) is 0 Å². The van der Waals surface area contributed by atoms with Gasteiger partial charge in [-0.1, -0.05) is 133 Å². The summed E-state index contributed by atoms with van der Waals surface area (Å²) >= 11 is 3.76. The van der Waals surface area contributed by atoms with Crippen molar-refractivity contribution in [2.45, 2.75) is 0 Å². The predicted molar refractivity (Wildman–Crippen MR) is 215 cm³/mol. The maximum Gasteiger partial charge on any atom is 0.0640 e. The van der Waals surface area contributed by atoms with Crippen molar-refractivity contribution < 1.29 is 0 Å². The van der Waals surface area contributed by atoms with Crippen molar-refractivity contribution >= 4 is 90.9 Å². The van der Waals surface area contributed by atoms with E-state index in [2.05, 4.69) is 181 Å². The first kappa shape index (κ1) is 28.3. The standard InChI is InChI=1S/C46H29NS2/c1-2-12-31(13-3-1)37-17-8-18-38-39-19-9-20-41(46(39)49-45(37)38)47(35-28-23-30-11-4-5-14-33(30)29-35)34-26-24-32(25-27-34)36-16-10-22-43-44(36)40-15-6-7-21-42(40)48-43/h1-29H. The zero-order chi connectivity index (χ0) is 32.3. The fourth-order valence-electron chi connectivity index (χ4n) is 7.37. The maximum absolute atomic E-state index is 2.44. The molecule has 0 amide bonds. The highest BCUT2D eigenvalue weighted by molar-refractivity contribution is 7.27. The summed E-state index contributed by atoms with van der Waals surface area (Å²) in [6.07, 6.45) is 0.